The van der Waals surface area contributed by atoms with Gasteiger partial charge in [-0.05, 0) is 41.8 Å². The summed E-state index contributed by atoms with van der Waals surface area (Å²) in [5, 5.41) is 9.56. The number of hydrogen-bond donors (Lipinski definition) is 1. The average Bonchev–Trinajstić information content (AvgIpc) is 2.73. The molecule has 0 unspecified atom stereocenters. The minimum absolute atomic E-state index is 0.274. The molecule has 2 rings (SSSR count). The van der Waals surface area contributed by atoms with Gasteiger partial charge in [-0.3, -0.25) is 0 Å². The lowest BCUT2D eigenvalue weighted by molar-refractivity contribution is 0.357. The highest BCUT2D eigenvalue weighted by Crippen LogP contribution is 2.32. The minimum atomic E-state index is -3.66. The summed E-state index contributed by atoms with van der Waals surface area (Å²) >= 11 is 4.70. The molecule has 1 aliphatic carbocycles. The van der Waals surface area contributed by atoms with Crippen LogP contribution >= 0.6 is 27.3 Å². The Morgan fingerprint density at radius 2 is 1.86 bits per heavy atom. The molecular weight excluding hydrogens is 372 g/mol. The van der Waals surface area contributed by atoms with Crippen molar-refractivity contribution < 1.29 is 8.42 Å². The van der Waals surface area contributed by atoms with E-state index in [0.717, 1.165) is 34.3 Å². The Morgan fingerprint density at radius 1 is 1.29 bits per heavy atom. The van der Waals surface area contributed by atoms with E-state index in [1.165, 1.54) is 17.8 Å². The standard InChI is InChI=1S/C14H19BrN2O2S2/c1-11-12(9-13(15)20-11)21(18,19)17-14(10-16)7-5-3-2-4-6-8-14/h9,17H,2-8H2,1H3. The summed E-state index contributed by atoms with van der Waals surface area (Å²) in [6.45, 7) is 1.78. The molecule has 0 aliphatic heterocycles. The summed E-state index contributed by atoms with van der Waals surface area (Å²) in [6, 6.07) is 3.85. The Morgan fingerprint density at radius 3 is 2.33 bits per heavy atom. The van der Waals surface area contributed by atoms with Crippen LogP contribution in [0.1, 0.15) is 49.8 Å². The monoisotopic (exact) mass is 390 g/mol. The molecule has 0 aromatic carbocycles. The molecule has 0 atom stereocenters. The van der Waals surface area contributed by atoms with Crippen LogP contribution in [-0.2, 0) is 10.0 Å². The molecule has 1 aliphatic rings. The van der Waals surface area contributed by atoms with Crippen molar-refractivity contribution in [1.29, 1.82) is 5.26 Å². The summed E-state index contributed by atoms with van der Waals surface area (Å²) in [5.41, 5.74) is -0.958. The Bertz CT molecular complexity index is 638. The molecule has 0 saturated heterocycles. The number of halogens is 1. The highest BCUT2D eigenvalue weighted by Gasteiger charge is 2.36. The van der Waals surface area contributed by atoms with Crippen LogP contribution in [0.2, 0.25) is 0 Å². The zero-order chi connectivity index (χ0) is 15.5. The SMILES string of the molecule is Cc1sc(Br)cc1S(=O)(=O)NC1(C#N)CCCCCCC1. The highest BCUT2D eigenvalue weighted by molar-refractivity contribution is 9.11. The lowest BCUT2D eigenvalue weighted by Gasteiger charge is -2.29. The van der Waals surface area contributed by atoms with E-state index in [-0.39, 0.29) is 4.90 Å². The first-order valence-electron chi connectivity index (χ1n) is 7.10. The minimum Gasteiger partial charge on any atom is -0.207 e. The molecule has 116 valence electrons. The zero-order valence-electron chi connectivity index (χ0n) is 12.0. The van der Waals surface area contributed by atoms with Crippen LogP contribution < -0.4 is 4.72 Å². The van der Waals surface area contributed by atoms with Gasteiger partial charge in [-0.1, -0.05) is 32.1 Å². The second-order valence-electron chi connectivity index (χ2n) is 5.54. The first kappa shape index (κ1) is 16.9. The third-order valence-electron chi connectivity index (χ3n) is 3.88. The largest absolute Gasteiger partial charge is 0.243 e. The summed E-state index contributed by atoms with van der Waals surface area (Å²) in [5.74, 6) is 0. The van der Waals surface area contributed by atoms with Crippen LogP contribution in [0, 0.1) is 18.3 Å². The van der Waals surface area contributed by atoms with Crippen LogP contribution in [-0.4, -0.2) is 14.0 Å². The van der Waals surface area contributed by atoms with E-state index in [0.29, 0.717) is 12.8 Å². The predicted octanol–water partition coefficient (Wildman–Crippen LogP) is 4.10. The van der Waals surface area contributed by atoms with Gasteiger partial charge in [0.1, 0.15) is 5.54 Å². The van der Waals surface area contributed by atoms with Gasteiger partial charge in [-0.15, -0.1) is 11.3 Å². The Balaban J connectivity index is 2.28. The number of aryl methyl sites for hydroxylation is 1. The molecule has 1 saturated carbocycles. The Kier molecular flexibility index (Phi) is 5.47. The number of thiophene rings is 1. The Labute approximate surface area is 138 Å². The normalized spacial score (nSPS) is 19.5. The molecule has 4 nitrogen and oxygen atoms in total. The molecule has 0 spiro atoms. The van der Waals surface area contributed by atoms with Crippen molar-refractivity contribution in [2.24, 2.45) is 0 Å². The first-order valence-corrected chi connectivity index (χ1v) is 10.2. The van der Waals surface area contributed by atoms with Gasteiger partial charge in [-0.25, -0.2) is 8.42 Å². The van der Waals surface area contributed by atoms with Crippen molar-refractivity contribution in [3.8, 4) is 6.07 Å². The number of nitrogens with one attached hydrogen (secondary N) is 1. The van der Waals surface area contributed by atoms with Crippen molar-refractivity contribution >= 4 is 37.3 Å². The van der Waals surface area contributed by atoms with Crippen molar-refractivity contribution in [1.82, 2.24) is 4.72 Å². The fraction of sp³-hybridized carbons (Fsp3) is 0.643. The van der Waals surface area contributed by atoms with Gasteiger partial charge in [0.25, 0.3) is 0 Å². The molecule has 21 heavy (non-hydrogen) atoms. The quantitative estimate of drug-likeness (QED) is 0.843. The maximum Gasteiger partial charge on any atom is 0.243 e. The van der Waals surface area contributed by atoms with E-state index in [1.54, 1.807) is 13.0 Å². The van der Waals surface area contributed by atoms with Crippen molar-refractivity contribution in [2.45, 2.75) is 62.3 Å². The van der Waals surface area contributed by atoms with Crippen molar-refractivity contribution in [3.63, 3.8) is 0 Å². The van der Waals surface area contributed by atoms with Crippen LogP contribution in [0.15, 0.2) is 14.7 Å². The van der Waals surface area contributed by atoms with E-state index < -0.39 is 15.6 Å². The van der Waals surface area contributed by atoms with Gasteiger partial charge < -0.3 is 0 Å². The second kappa shape index (κ2) is 6.78. The molecule has 1 N–H and O–H groups in total. The van der Waals surface area contributed by atoms with E-state index in [2.05, 4.69) is 26.7 Å². The maximum atomic E-state index is 12.6. The van der Waals surface area contributed by atoms with Crippen LogP contribution in [0.4, 0.5) is 0 Å². The molecule has 0 amide bonds. The molecule has 0 bridgehead atoms. The fourth-order valence-corrected chi connectivity index (χ4v) is 6.55. The molecule has 1 fully saturated rings. The van der Waals surface area contributed by atoms with Gasteiger partial charge >= 0.3 is 0 Å². The van der Waals surface area contributed by atoms with Gasteiger partial charge in [0.15, 0.2) is 0 Å². The second-order valence-corrected chi connectivity index (χ2v) is 9.82. The topological polar surface area (TPSA) is 70.0 Å². The van der Waals surface area contributed by atoms with Crippen molar-refractivity contribution in [2.75, 3.05) is 0 Å². The number of nitriles is 1. The average molecular weight is 391 g/mol. The van der Waals surface area contributed by atoms with Crippen LogP contribution in [0.3, 0.4) is 0 Å². The number of hydrogen-bond acceptors (Lipinski definition) is 4. The van der Waals surface area contributed by atoms with Crippen LogP contribution in [0.5, 0.6) is 0 Å². The summed E-state index contributed by atoms with van der Waals surface area (Å²) in [4.78, 5) is 1.00. The summed E-state index contributed by atoms with van der Waals surface area (Å²) < 4.78 is 28.7. The van der Waals surface area contributed by atoms with E-state index >= 15 is 0 Å². The summed E-state index contributed by atoms with van der Waals surface area (Å²) in [7, 11) is -3.66. The highest BCUT2D eigenvalue weighted by atomic mass is 79.9. The summed E-state index contributed by atoms with van der Waals surface area (Å²) in [6.07, 6.45) is 6.26. The molecule has 0 radical (unpaired) electrons. The third-order valence-corrected chi connectivity index (χ3v) is 7.23. The van der Waals surface area contributed by atoms with E-state index in [4.69, 9.17) is 0 Å². The molecule has 7 heteroatoms. The zero-order valence-corrected chi connectivity index (χ0v) is 15.2. The lowest BCUT2D eigenvalue weighted by atomic mass is 9.86. The van der Waals surface area contributed by atoms with E-state index in [9.17, 15) is 13.7 Å². The van der Waals surface area contributed by atoms with Crippen molar-refractivity contribution in [3.05, 3.63) is 14.7 Å². The third kappa shape index (κ3) is 4.07. The smallest absolute Gasteiger partial charge is 0.207 e. The van der Waals surface area contributed by atoms with Gasteiger partial charge in [-0.2, -0.15) is 9.98 Å². The molecular formula is C14H19BrN2O2S2. The van der Waals surface area contributed by atoms with Gasteiger partial charge in [0.2, 0.25) is 10.0 Å². The Hall–Kier alpha value is -0.420. The number of nitrogens with zero attached hydrogens (tertiary/aromatic N) is 1. The first-order chi connectivity index (χ1) is 9.88. The maximum absolute atomic E-state index is 12.6. The number of sulfonamides is 1. The molecule has 1 aromatic heterocycles. The van der Waals surface area contributed by atoms with E-state index in [1.807, 2.05) is 0 Å². The van der Waals surface area contributed by atoms with Crippen LogP contribution in [0.25, 0.3) is 0 Å². The molecule has 1 aromatic rings. The fourth-order valence-electron chi connectivity index (χ4n) is 2.76. The molecule has 1 heterocycles. The van der Waals surface area contributed by atoms with Gasteiger partial charge in [0.05, 0.1) is 14.8 Å². The lowest BCUT2D eigenvalue weighted by Crippen LogP contribution is -2.47. The number of rotatable bonds is 3. The van der Waals surface area contributed by atoms with Gasteiger partial charge in [0, 0.05) is 4.88 Å². The predicted molar refractivity (Wildman–Crippen MR) is 87.7 cm³/mol.